The number of unbranched alkanes of at least 4 members (excludes halogenated alkanes) is 1. The van der Waals surface area contributed by atoms with Gasteiger partial charge in [0, 0.05) is 21.7 Å². The molecule has 2 amide bonds. The molecule has 0 spiro atoms. The van der Waals surface area contributed by atoms with Crippen molar-refractivity contribution in [3.8, 4) is 5.75 Å². The quantitative estimate of drug-likeness (QED) is 0.582. The van der Waals surface area contributed by atoms with Crippen molar-refractivity contribution in [1.82, 2.24) is 10.3 Å². The Morgan fingerprint density at radius 2 is 1.94 bits per heavy atom. The molecule has 1 N–H and O–H groups in total. The monoisotopic (exact) mass is 452 g/mol. The second-order valence-corrected chi connectivity index (χ2v) is 9.40. The molecular weight excluding hydrogens is 424 g/mol. The van der Waals surface area contributed by atoms with E-state index < -0.39 is 5.54 Å². The van der Waals surface area contributed by atoms with Crippen molar-refractivity contribution in [2.24, 2.45) is 10.3 Å². The van der Waals surface area contributed by atoms with Gasteiger partial charge in [-0.2, -0.15) is 10.1 Å². The number of benzene rings is 1. The summed E-state index contributed by atoms with van der Waals surface area (Å²) in [6, 6.07) is 12.0. The molecule has 1 aromatic heterocycles. The first kappa shape index (κ1) is 22.2. The molecule has 0 saturated heterocycles. The van der Waals surface area contributed by atoms with Crippen molar-refractivity contribution in [3.05, 3.63) is 57.4 Å². The minimum Gasteiger partial charge on any atom is -0.494 e. The Balaban J connectivity index is 1.69. The minimum absolute atomic E-state index is 0.0362. The number of nitrogens with zero attached hydrogens (tertiary/aromatic N) is 3. The topological polar surface area (TPSA) is 83.4 Å². The highest BCUT2D eigenvalue weighted by Crippen LogP contribution is 2.42. The molecule has 2 aliphatic heterocycles. The average molecular weight is 453 g/mol. The van der Waals surface area contributed by atoms with E-state index in [0.29, 0.717) is 13.0 Å². The highest BCUT2D eigenvalue weighted by atomic mass is 32.1. The van der Waals surface area contributed by atoms with E-state index >= 15 is 0 Å². The third-order valence-electron chi connectivity index (χ3n) is 5.79. The zero-order chi connectivity index (χ0) is 22.7. The van der Waals surface area contributed by atoms with Crippen LogP contribution < -0.4 is 10.1 Å². The summed E-state index contributed by atoms with van der Waals surface area (Å²) in [6.07, 6.45) is 3.55. The van der Waals surface area contributed by atoms with E-state index in [4.69, 9.17) is 4.74 Å². The van der Waals surface area contributed by atoms with Crippen LogP contribution in [0.2, 0.25) is 0 Å². The van der Waals surface area contributed by atoms with Gasteiger partial charge >= 0.3 is 0 Å². The lowest BCUT2D eigenvalue weighted by molar-refractivity contribution is -0.130. The molecule has 7 nitrogen and oxygen atoms in total. The van der Waals surface area contributed by atoms with Crippen LogP contribution in [0.15, 0.2) is 52.4 Å². The zero-order valence-corrected chi connectivity index (χ0v) is 19.5. The van der Waals surface area contributed by atoms with Crippen molar-refractivity contribution < 1.29 is 14.3 Å². The summed E-state index contributed by atoms with van der Waals surface area (Å²) < 4.78 is 5.78. The molecule has 168 valence electrons. The highest BCUT2D eigenvalue weighted by Gasteiger charge is 2.42. The predicted octanol–water partition coefficient (Wildman–Crippen LogP) is 4.85. The molecule has 0 saturated carbocycles. The number of rotatable bonds is 8. The molecule has 0 fully saturated rings. The van der Waals surface area contributed by atoms with Crippen molar-refractivity contribution in [3.63, 3.8) is 0 Å². The Bertz CT molecular complexity index is 1070. The van der Waals surface area contributed by atoms with Gasteiger partial charge in [-0.15, -0.1) is 11.3 Å². The maximum absolute atomic E-state index is 13.3. The SMILES string of the molecule is CCCCOc1ccc([C@]2(C)CC(c3ccc(CC)s3)=C(N3N=NCC3=O)C(=O)N2)cc1. The number of amides is 2. The maximum Gasteiger partial charge on any atom is 0.272 e. The van der Waals surface area contributed by atoms with Crippen LogP contribution in [0.4, 0.5) is 0 Å². The molecule has 0 unspecified atom stereocenters. The second-order valence-electron chi connectivity index (χ2n) is 8.23. The Kier molecular flexibility index (Phi) is 6.41. The van der Waals surface area contributed by atoms with E-state index in [1.165, 1.54) is 4.88 Å². The Morgan fingerprint density at radius 1 is 1.16 bits per heavy atom. The normalized spacial score (nSPS) is 20.8. The first-order valence-electron chi connectivity index (χ1n) is 11.0. The van der Waals surface area contributed by atoms with E-state index in [0.717, 1.165) is 46.0 Å². The molecule has 3 heterocycles. The van der Waals surface area contributed by atoms with Gasteiger partial charge in [0.1, 0.15) is 18.0 Å². The summed E-state index contributed by atoms with van der Waals surface area (Å²) in [5.41, 5.74) is 1.44. The van der Waals surface area contributed by atoms with Gasteiger partial charge in [-0.3, -0.25) is 9.59 Å². The van der Waals surface area contributed by atoms with E-state index in [-0.39, 0.29) is 24.1 Å². The number of ether oxygens (including phenoxy) is 1. The molecule has 8 heteroatoms. The van der Waals surface area contributed by atoms with Gasteiger partial charge in [0.25, 0.3) is 11.8 Å². The number of thiophene rings is 1. The molecule has 1 aromatic carbocycles. The smallest absolute Gasteiger partial charge is 0.272 e. The van der Waals surface area contributed by atoms with Gasteiger partial charge in [0.05, 0.1) is 12.1 Å². The van der Waals surface area contributed by atoms with Gasteiger partial charge in [-0.05, 0) is 49.6 Å². The van der Waals surface area contributed by atoms with Gasteiger partial charge in [-0.25, -0.2) is 0 Å². The van der Waals surface area contributed by atoms with Crippen LogP contribution >= 0.6 is 11.3 Å². The summed E-state index contributed by atoms with van der Waals surface area (Å²) >= 11 is 1.65. The lowest BCUT2D eigenvalue weighted by Crippen LogP contribution is -2.50. The minimum atomic E-state index is -0.631. The number of hydrogen-bond donors (Lipinski definition) is 1. The molecule has 0 bridgehead atoms. The molecule has 0 aliphatic carbocycles. The first-order chi connectivity index (χ1) is 15.4. The van der Waals surface area contributed by atoms with Crippen LogP contribution in [0.5, 0.6) is 5.75 Å². The van der Waals surface area contributed by atoms with Crippen LogP contribution in [-0.4, -0.2) is 30.0 Å². The summed E-state index contributed by atoms with van der Waals surface area (Å²) in [6.45, 7) is 6.90. The van der Waals surface area contributed by atoms with Crippen molar-refractivity contribution in [2.75, 3.05) is 13.2 Å². The molecule has 1 atom stereocenters. The largest absolute Gasteiger partial charge is 0.494 e. The number of carbonyl (C=O) groups excluding carboxylic acids is 2. The Morgan fingerprint density at radius 3 is 2.56 bits per heavy atom. The summed E-state index contributed by atoms with van der Waals surface area (Å²) in [7, 11) is 0. The van der Waals surface area contributed by atoms with Crippen LogP contribution in [0.25, 0.3) is 5.57 Å². The lowest BCUT2D eigenvalue weighted by Gasteiger charge is -2.38. The van der Waals surface area contributed by atoms with E-state index in [2.05, 4.69) is 35.6 Å². The Hall–Kier alpha value is -3.00. The molecule has 2 aromatic rings. The van der Waals surface area contributed by atoms with Crippen molar-refractivity contribution >= 4 is 28.7 Å². The number of aryl methyl sites for hydroxylation is 1. The average Bonchev–Trinajstić information content (AvgIpc) is 3.43. The molecule has 0 radical (unpaired) electrons. The summed E-state index contributed by atoms with van der Waals surface area (Å²) in [5, 5.41) is 12.0. The Labute approximate surface area is 192 Å². The molecular formula is C24H28N4O3S. The molecule has 2 aliphatic rings. The zero-order valence-electron chi connectivity index (χ0n) is 18.7. The third kappa shape index (κ3) is 4.32. The van der Waals surface area contributed by atoms with E-state index in [1.54, 1.807) is 11.3 Å². The maximum atomic E-state index is 13.3. The molecule has 4 rings (SSSR count). The number of carbonyl (C=O) groups is 2. The van der Waals surface area contributed by atoms with Crippen LogP contribution in [0.3, 0.4) is 0 Å². The first-order valence-corrected chi connectivity index (χ1v) is 11.8. The lowest BCUT2D eigenvalue weighted by atomic mass is 9.81. The molecule has 32 heavy (non-hydrogen) atoms. The van der Waals surface area contributed by atoms with Crippen LogP contribution in [0, 0.1) is 0 Å². The van der Waals surface area contributed by atoms with E-state index in [1.807, 2.05) is 37.3 Å². The third-order valence-corrected chi connectivity index (χ3v) is 7.08. The van der Waals surface area contributed by atoms with Crippen molar-refractivity contribution in [1.29, 1.82) is 0 Å². The second kappa shape index (κ2) is 9.24. The standard InChI is InChI=1S/C24H28N4O3S/c1-4-6-13-31-17-9-7-16(8-10-17)24(3)14-19(20-12-11-18(5-2)32-20)22(23(30)26-24)28-21(29)15-25-27-28/h7-12H,4-6,13-15H2,1-3H3,(H,26,30)/t24-/m0/s1. The number of nitrogens with one attached hydrogen (secondary N) is 1. The van der Waals surface area contributed by atoms with Crippen molar-refractivity contribution in [2.45, 2.75) is 52.0 Å². The van der Waals surface area contributed by atoms with Crippen LogP contribution in [0.1, 0.15) is 55.4 Å². The fraction of sp³-hybridized carbons (Fsp3) is 0.417. The van der Waals surface area contributed by atoms with Crippen LogP contribution in [-0.2, 0) is 21.5 Å². The number of hydrogen-bond acceptors (Lipinski definition) is 6. The van der Waals surface area contributed by atoms with Gasteiger partial charge in [0.15, 0.2) is 0 Å². The van der Waals surface area contributed by atoms with E-state index in [9.17, 15) is 9.59 Å². The summed E-state index contributed by atoms with van der Waals surface area (Å²) in [5.74, 6) is 0.202. The fourth-order valence-corrected chi connectivity index (χ4v) is 4.95. The van der Waals surface area contributed by atoms with Gasteiger partial charge < -0.3 is 10.1 Å². The fourth-order valence-electron chi connectivity index (χ4n) is 3.96. The summed E-state index contributed by atoms with van der Waals surface area (Å²) in [4.78, 5) is 27.9. The predicted molar refractivity (Wildman–Crippen MR) is 124 cm³/mol. The highest BCUT2D eigenvalue weighted by molar-refractivity contribution is 7.13. The van der Waals surface area contributed by atoms with Gasteiger partial charge in [-0.1, -0.05) is 37.6 Å². The van der Waals surface area contributed by atoms with Gasteiger partial charge in [0.2, 0.25) is 0 Å².